The van der Waals surface area contributed by atoms with Gasteiger partial charge in [-0.15, -0.1) is 0 Å². The summed E-state index contributed by atoms with van der Waals surface area (Å²) >= 11 is 11.8. The van der Waals surface area contributed by atoms with E-state index in [1.165, 1.54) is 12.8 Å². The molecule has 0 aliphatic heterocycles. The molecule has 1 aromatic carbocycles. The molecule has 0 radical (unpaired) electrons. The molecule has 0 bridgehead atoms. The number of benzene rings is 1. The van der Waals surface area contributed by atoms with E-state index in [4.69, 9.17) is 28.3 Å². The first-order chi connectivity index (χ1) is 9.60. The molecule has 0 saturated heterocycles. The Kier molecular flexibility index (Phi) is 5.52. The van der Waals surface area contributed by atoms with E-state index in [1.807, 2.05) is 6.07 Å². The van der Waals surface area contributed by atoms with Gasteiger partial charge in [-0.05, 0) is 36.5 Å². The van der Waals surface area contributed by atoms with Crippen LogP contribution in [0.1, 0.15) is 18.4 Å². The Bertz CT molecular complexity index is 478. The maximum atomic E-state index is 12.1. The van der Waals surface area contributed by atoms with Gasteiger partial charge in [0.1, 0.15) is 0 Å². The first kappa shape index (κ1) is 15.4. The highest BCUT2D eigenvalue weighted by Crippen LogP contribution is 2.27. The minimum atomic E-state index is -0.156. The van der Waals surface area contributed by atoms with E-state index >= 15 is 0 Å². The van der Waals surface area contributed by atoms with Crippen molar-refractivity contribution in [3.8, 4) is 0 Å². The molecule has 1 fully saturated rings. The van der Waals surface area contributed by atoms with E-state index in [0.717, 1.165) is 5.56 Å². The lowest BCUT2D eigenvalue weighted by Crippen LogP contribution is -2.41. The normalized spacial score (nSPS) is 14.2. The number of hydrogen-bond acceptors (Lipinski definition) is 2. The van der Waals surface area contributed by atoms with Gasteiger partial charge in [-0.2, -0.15) is 0 Å². The lowest BCUT2D eigenvalue weighted by Gasteiger charge is -2.22. The summed E-state index contributed by atoms with van der Waals surface area (Å²) in [6.45, 7) is 1.32. The van der Waals surface area contributed by atoms with Crippen LogP contribution in [0.4, 0.5) is 4.79 Å². The topological polar surface area (TPSA) is 52.6 Å². The minimum Gasteiger partial charge on any atom is -0.395 e. The predicted octanol–water partition coefficient (Wildman–Crippen LogP) is 2.91. The zero-order valence-corrected chi connectivity index (χ0v) is 12.6. The van der Waals surface area contributed by atoms with E-state index < -0.39 is 0 Å². The van der Waals surface area contributed by atoms with Gasteiger partial charge >= 0.3 is 6.03 Å². The molecule has 0 aromatic heterocycles. The number of rotatable bonds is 6. The third kappa shape index (κ3) is 4.54. The summed E-state index contributed by atoms with van der Waals surface area (Å²) in [5.41, 5.74) is 0.884. The van der Waals surface area contributed by atoms with Gasteiger partial charge in [0.15, 0.2) is 0 Å². The third-order valence-corrected chi connectivity index (χ3v) is 3.99. The van der Waals surface area contributed by atoms with Crippen LogP contribution in [0.5, 0.6) is 0 Å². The van der Waals surface area contributed by atoms with E-state index in [-0.39, 0.29) is 19.2 Å². The van der Waals surface area contributed by atoms with Crippen molar-refractivity contribution in [2.45, 2.75) is 19.4 Å². The average Bonchev–Trinajstić information content (AvgIpc) is 3.24. The van der Waals surface area contributed by atoms with Crippen LogP contribution in [0.2, 0.25) is 10.0 Å². The molecule has 1 aliphatic rings. The monoisotopic (exact) mass is 316 g/mol. The van der Waals surface area contributed by atoms with Crippen LogP contribution >= 0.6 is 23.2 Å². The highest BCUT2D eigenvalue weighted by atomic mass is 35.5. The van der Waals surface area contributed by atoms with Crippen molar-refractivity contribution in [2.75, 3.05) is 19.7 Å². The van der Waals surface area contributed by atoms with Crippen molar-refractivity contribution in [3.63, 3.8) is 0 Å². The summed E-state index contributed by atoms with van der Waals surface area (Å²) in [4.78, 5) is 13.6. The number of amides is 2. The fraction of sp³-hybridized carbons (Fsp3) is 0.500. The Morgan fingerprint density at radius 3 is 2.70 bits per heavy atom. The highest BCUT2D eigenvalue weighted by molar-refractivity contribution is 6.42. The Morgan fingerprint density at radius 1 is 1.35 bits per heavy atom. The van der Waals surface area contributed by atoms with Crippen LogP contribution in [-0.2, 0) is 6.54 Å². The highest BCUT2D eigenvalue weighted by Gasteiger charge is 2.23. The standard InChI is InChI=1S/C14H18Cl2N2O2/c15-12-4-3-11(7-13(12)16)9-18(5-6-19)14(20)17-8-10-1-2-10/h3-4,7,10,19H,1-2,5-6,8-9H2,(H,17,20). The quantitative estimate of drug-likeness (QED) is 0.847. The number of nitrogens with one attached hydrogen (secondary N) is 1. The molecule has 1 aromatic rings. The molecule has 0 spiro atoms. The fourth-order valence-corrected chi connectivity index (χ4v) is 2.22. The van der Waals surface area contributed by atoms with Gasteiger partial charge in [0.2, 0.25) is 0 Å². The summed E-state index contributed by atoms with van der Waals surface area (Å²) < 4.78 is 0. The molecule has 0 atom stereocenters. The maximum absolute atomic E-state index is 12.1. The second-order valence-corrected chi connectivity index (χ2v) is 5.84. The van der Waals surface area contributed by atoms with Crippen LogP contribution in [-0.4, -0.2) is 35.7 Å². The summed E-state index contributed by atoms with van der Waals surface area (Å²) in [6, 6.07) is 5.12. The molecule has 110 valence electrons. The number of aliphatic hydroxyl groups excluding tert-OH is 1. The van der Waals surface area contributed by atoms with Gasteiger partial charge in [0.05, 0.1) is 16.7 Å². The summed E-state index contributed by atoms with van der Waals surface area (Å²) in [5, 5.41) is 12.9. The fourth-order valence-electron chi connectivity index (χ4n) is 1.90. The zero-order valence-electron chi connectivity index (χ0n) is 11.1. The van der Waals surface area contributed by atoms with Crippen LogP contribution in [0, 0.1) is 5.92 Å². The van der Waals surface area contributed by atoms with Crippen molar-refractivity contribution >= 4 is 29.2 Å². The minimum absolute atomic E-state index is 0.0713. The van der Waals surface area contributed by atoms with Crippen molar-refractivity contribution in [1.29, 1.82) is 0 Å². The van der Waals surface area contributed by atoms with Gasteiger partial charge in [0.25, 0.3) is 0 Å². The molecule has 20 heavy (non-hydrogen) atoms. The lowest BCUT2D eigenvalue weighted by molar-refractivity contribution is 0.174. The zero-order chi connectivity index (χ0) is 14.5. The molecule has 0 unspecified atom stereocenters. The number of halogens is 2. The maximum Gasteiger partial charge on any atom is 0.317 e. The van der Waals surface area contributed by atoms with Gasteiger partial charge in [-0.3, -0.25) is 0 Å². The van der Waals surface area contributed by atoms with E-state index in [9.17, 15) is 4.79 Å². The van der Waals surface area contributed by atoms with Crippen LogP contribution in [0.15, 0.2) is 18.2 Å². The number of aliphatic hydroxyl groups is 1. The van der Waals surface area contributed by atoms with Crippen molar-refractivity contribution in [2.24, 2.45) is 5.92 Å². The molecule has 1 saturated carbocycles. The van der Waals surface area contributed by atoms with Crippen LogP contribution in [0.25, 0.3) is 0 Å². The van der Waals surface area contributed by atoms with E-state index in [1.54, 1.807) is 17.0 Å². The molecular formula is C14H18Cl2N2O2. The predicted molar refractivity (Wildman–Crippen MR) is 80.1 cm³/mol. The molecule has 6 heteroatoms. The Hall–Kier alpha value is -0.970. The second-order valence-electron chi connectivity index (χ2n) is 5.02. The number of urea groups is 1. The summed E-state index contributed by atoms with van der Waals surface area (Å²) in [5.74, 6) is 0.625. The first-order valence-electron chi connectivity index (χ1n) is 6.67. The molecule has 0 heterocycles. The van der Waals surface area contributed by atoms with Crippen molar-refractivity contribution in [3.05, 3.63) is 33.8 Å². The van der Waals surface area contributed by atoms with E-state index in [2.05, 4.69) is 5.32 Å². The number of carbonyl (C=O) groups is 1. The SMILES string of the molecule is O=C(NCC1CC1)N(CCO)Cc1ccc(Cl)c(Cl)c1. The smallest absolute Gasteiger partial charge is 0.317 e. The van der Waals surface area contributed by atoms with Crippen molar-refractivity contribution in [1.82, 2.24) is 10.2 Å². The Labute approximate surface area is 128 Å². The average molecular weight is 317 g/mol. The van der Waals surface area contributed by atoms with Crippen molar-refractivity contribution < 1.29 is 9.90 Å². The second kappa shape index (κ2) is 7.16. The van der Waals surface area contributed by atoms with Crippen LogP contribution in [0.3, 0.4) is 0 Å². The molecule has 2 amide bonds. The Morgan fingerprint density at radius 2 is 2.10 bits per heavy atom. The number of nitrogens with zero attached hydrogens (tertiary/aromatic N) is 1. The largest absolute Gasteiger partial charge is 0.395 e. The lowest BCUT2D eigenvalue weighted by atomic mass is 10.2. The van der Waals surface area contributed by atoms with Gasteiger partial charge in [-0.25, -0.2) is 4.79 Å². The number of carbonyl (C=O) groups excluding carboxylic acids is 1. The molecule has 2 rings (SSSR count). The first-order valence-corrected chi connectivity index (χ1v) is 7.43. The van der Waals surface area contributed by atoms with E-state index in [0.29, 0.717) is 29.1 Å². The summed E-state index contributed by atoms with van der Waals surface area (Å²) in [6.07, 6.45) is 2.38. The van der Waals surface area contributed by atoms with Crippen LogP contribution < -0.4 is 5.32 Å². The third-order valence-electron chi connectivity index (χ3n) is 3.25. The van der Waals surface area contributed by atoms with Gasteiger partial charge < -0.3 is 15.3 Å². The molecule has 1 aliphatic carbocycles. The van der Waals surface area contributed by atoms with Gasteiger partial charge in [0, 0.05) is 19.6 Å². The Balaban J connectivity index is 1.95. The summed E-state index contributed by atoms with van der Waals surface area (Å²) in [7, 11) is 0. The number of hydrogen-bond donors (Lipinski definition) is 2. The molecule has 4 nitrogen and oxygen atoms in total. The molecular weight excluding hydrogens is 299 g/mol. The van der Waals surface area contributed by atoms with Gasteiger partial charge in [-0.1, -0.05) is 29.3 Å². The molecule has 2 N–H and O–H groups in total.